The molecule has 1 amide bonds. The molecule has 0 aliphatic heterocycles. The summed E-state index contributed by atoms with van der Waals surface area (Å²) >= 11 is 0. The van der Waals surface area contributed by atoms with Gasteiger partial charge in [0.2, 0.25) is 5.91 Å². The molecule has 0 rings (SSSR count). The summed E-state index contributed by atoms with van der Waals surface area (Å²) in [6.07, 6.45) is 64.6. The van der Waals surface area contributed by atoms with E-state index in [0.717, 1.165) is 51.4 Å². The van der Waals surface area contributed by atoms with E-state index in [1.54, 1.807) is 6.08 Å². The second-order valence-corrected chi connectivity index (χ2v) is 21.3. The summed E-state index contributed by atoms with van der Waals surface area (Å²) < 4.78 is 23.2. The number of phosphoric acid groups is 1. The molecule has 0 aromatic rings. The molecule has 0 radical (unpaired) electrons. The summed E-state index contributed by atoms with van der Waals surface area (Å²) in [6.45, 7) is 4.59. The standard InChI is InChI=1S/C57H107N2O6P/c1-6-8-10-12-14-16-18-19-20-21-22-23-24-25-26-27-28-29-30-31-32-33-34-35-36-37-38-39-41-43-45-47-49-51-57(61)58-55(54-65-66(62,63)64-53-52-59(3,4)5)56(60)50-48-46-44-42-40-17-15-13-11-9-7-2/h18-19,21-22,24-25,40,42,48,50,55-56,60H,6-17,20,23,26-39,41,43-47,49,51-54H2,1-5H3,(H-,58,61,62,63)/b19-18-,22-21-,25-24-,42-40+,50-48+. The number of quaternary nitrogens is 1. The van der Waals surface area contributed by atoms with Gasteiger partial charge in [0, 0.05) is 6.42 Å². The van der Waals surface area contributed by atoms with Crippen molar-refractivity contribution in [3.8, 4) is 0 Å². The lowest BCUT2D eigenvalue weighted by Gasteiger charge is -2.29. The Balaban J connectivity index is 4.01. The zero-order valence-corrected chi connectivity index (χ0v) is 44.8. The summed E-state index contributed by atoms with van der Waals surface area (Å²) in [5, 5.41) is 13.8. The number of aliphatic hydroxyl groups excluding tert-OH is 1. The maximum atomic E-state index is 12.9. The molecule has 3 atom stereocenters. The maximum Gasteiger partial charge on any atom is 0.268 e. The van der Waals surface area contributed by atoms with Crippen LogP contribution in [-0.4, -0.2) is 68.5 Å². The third-order valence-corrected chi connectivity index (χ3v) is 13.2. The molecule has 0 fully saturated rings. The van der Waals surface area contributed by atoms with Crippen LogP contribution in [0.3, 0.4) is 0 Å². The molecule has 2 N–H and O–H groups in total. The Morgan fingerprint density at radius 2 is 0.894 bits per heavy atom. The second-order valence-electron chi connectivity index (χ2n) is 19.9. The molecule has 66 heavy (non-hydrogen) atoms. The van der Waals surface area contributed by atoms with E-state index in [0.29, 0.717) is 17.4 Å². The Morgan fingerprint density at radius 3 is 1.33 bits per heavy atom. The Hall–Kier alpha value is -1.80. The SMILES string of the molecule is CCCCCCC/C=C\C/C=C\C/C=C\CCCCCCCCCCCCCCCCCCCCC(=O)NC(COP(=O)([O-])OCC[N+](C)(C)C)C(O)/C=C/CC/C=C/CCCCCCC. The van der Waals surface area contributed by atoms with Crippen LogP contribution < -0.4 is 10.2 Å². The Labute approximate surface area is 409 Å². The van der Waals surface area contributed by atoms with Crippen LogP contribution in [0.4, 0.5) is 0 Å². The number of allylic oxidation sites excluding steroid dienone is 9. The van der Waals surface area contributed by atoms with E-state index in [1.807, 2.05) is 27.2 Å². The number of hydrogen-bond donors (Lipinski definition) is 2. The van der Waals surface area contributed by atoms with Crippen molar-refractivity contribution >= 4 is 13.7 Å². The van der Waals surface area contributed by atoms with E-state index < -0.39 is 26.6 Å². The fourth-order valence-electron chi connectivity index (χ4n) is 7.82. The van der Waals surface area contributed by atoms with Gasteiger partial charge in [0.05, 0.1) is 39.9 Å². The first-order chi connectivity index (χ1) is 32.0. The highest BCUT2D eigenvalue weighted by molar-refractivity contribution is 7.45. The van der Waals surface area contributed by atoms with Gasteiger partial charge in [0.25, 0.3) is 7.82 Å². The van der Waals surface area contributed by atoms with E-state index in [1.165, 1.54) is 173 Å². The fourth-order valence-corrected chi connectivity index (χ4v) is 8.55. The number of nitrogens with zero attached hydrogens (tertiary/aromatic N) is 1. The van der Waals surface area contributed by atoms with E-state index >= 15 is 0 Å². The second kappa shape index (κ2) is 48.2. The van der Waals surface area contributed by atoms with Crippen LogP contribution in [0, 0.1) is 0 Å². The summed E-state index contributed by atoms with van der Waals surface area (Å²) in [4.78, 5) is 25.4. The number of amides is 1. The minimum Gasteiger partial charge on any atom is -0.756 e. The third kappa shape index (κ3) is 50.1. The molecule has 3 unspecified atom stereocenters. The van der Waals surface area contributed by atoms with Crippen LogP contribution in [-0.2, 0) is 18.4 Å². The number of rotatable bonds is 50. The van der Waals surface area contributed by atoms with Gasteiger partial charge < -0.3 is 28.8 Å². The van der Waals surface area contributed by atoms with E-state index in [2.05, 4.69) is 67.8 Å². The van der Waals surface area contributed by atoms with Crippen molar-refractivity contribution in [2.75, 3.05) is 40.9 Å². The van der Waals surface area contributed by atoms with Crippen LogP contribution >= 0.6 is 7.82 Å². The Bertz CT molecular complexity index is 1260. The van der Waals surface area contributed by atoms with E-state index in [-0.39, 0.29) is 12.5 Å². The zero-order chi connectivity index (χ0) is 48.5. The maximum absolute atomic E-state index is 12.9. The van der Waals surface area contributed by atoms with E-state index in [9.17, 15) is 19.4 Å². The Morgan fingerprint density at radius 1 is 0.530 bits per heavy atom. The van der Waals surface area contributed by atoms with Crippen LogP contribution in [0.5, 0.6) is 0 Å². The van der Waals surface area contributed by atoms with Crippen molar-refractivity contribution in [2.24, 2.45) is 0 Å². The molecule has 0 saturated heterocycles. The summed E-state index contributed by atoms with van der Waals surface area (Å²) in [6, 6.07) is -0.902. The molecule has 0 bridgehead atoms. The largest absolute Gasteiger partial charge is 0.756 e. The van der Waals surface area contributed by atoms with Gasteiger partial charge >= 0.3 is 0 Å². The van der Waals surface area contributed by atoms with Crippen LogP contribution in [0.1, 0.15) is 245 Å². The number of nitrogens with one attached hydrogen (secondary N) is 1. The topological polar surface area (TPSA) is 108 Å². The third-order valence-electron chi connectivity index (χ3n) is 12.2. The number of carbonyl (C=O) groups excluding carboxylic acids is 1. The normalized spacial score (nSPS) is 14.5. The fraction of sp³-hybridized carbons (Fsp3) is 0.807. The molecule has 0 aliphatic rings. The predicted octanol–water partition coefficient (Wildman–Crippen LogP) is 15.9. The molecule has 0 heterocycles. The van der Waals surface area contributed by atoms with Gasteiger partial charge in [-0.1, -0.05) is 229 Å². The molecule has 0 aromatic carbocycles. The first-order valence-electron chi connectivity index (χ1n) is 27.7. The van der Waals surface area contributed by atoms with Crippen molar-refractivity contribution in [1.82, 2.24) is 5.32 Å². The lowest BCUT2D eigenvalue weighted by Crippen LogP contribution is -2.45. The molecule has 9 heteroatoms. The monoisotopic (exact) mass is 947 g/mol. The van der Waals surface area contributed by atoms with Gasteiger partial charge in [-0.2, -0.15) is 0 Å². The summed E-state index contributed by atoms with van der Waals surface area (Å²) in [7, 11) is 1.24. The van der Waals surface area contributed by atoms with Crippen molar-refractivity contribution in [1.29, 1.82) is 0 Å². The van der Waals surface area contributed by atoms with Gasteiger partial charge in [0.15, 0.2) is 0 Å². The number of hydrogen-bond acceptors (Lipinski definition) is 6. The highest BCUT2D eigenvalue weighted by Crippen LogP contribution is 2.38. The number of aliphatic hydroxyl groups is 1. The molecular weight excluding hydrogens is 840 g/mol. The zero-order valence-electron chi connectivity index (χ0n) is 43.9. The Kier molecular flexibility index (Phi) is 46.9. The van der Waals surface area contributed by atoms with Gasteiger partial charge in [0.1, 0.15) is 13.2 Å². The highest BCUT2D eigenvalue weighted by atomic mass is 31.2. The lowest BCUT2D eigenvalue weighted by atomic mass is 10.0. The van der Waals surface area contributed by atoms with E-state index in [4.69, 9.17) is 9.05 Å². The molecule has 0 saturated carbocycles. The number of carbonyl (C=O) groups is 1. The average Bonchev–Trinajstić information content (AvgIpc) is 3.28. The quantitative estimate of drug-likeness (QED) is 0.0272. The minimum absolute atomic E-state index is 0.00711. The predicted molar refractivity (Wildman–Crippen MR) is 284 cm³/mol. The number of unbranched alkanes of at least 4 members (excludes halogenated alkanes) is 29. The molecule has 0 aromatic heterocycles. The van der Waals surface area contributed by atoms with Crippen molar-refractivity contribution in [3.63, 3.8) is 0 Å². The summed E-state index contributed by atoms with van der Waals surface area (Å²) in [5.41, 5.74) is 0. The lowest BCUT2D eigenvalue weighted by molar-refractivity contribution is -0.870. The van der Waals surface area contributed by atoms with Crippen LogP contribution in [0.25, 0.3) is 0 Å². The molecule has 8 nitrogen and oxygen atoms in total. The molecule has 0 aliphatic carbocycles. The minimum atomic E-state index is -4.60. The van der Waals surface area contributed by atoms with Crippen molar-refractivity contribution < 1.29 is 32.9 Å². The smallest absolute Gasteiger partial charge is 0.268 e. The number of likely N-dealkylation sites (N-methyl/N-ethyl adjacent to an activating group) is 1. The highest BCUT2D eigenvalue weighted by Gasteiger charge is 2.23. The van der Waals surface area contributed by atoms with Gasteiger partial charge in [-0.05, 0) is 70.6 Å². The van der Waals surface area contributed by atoms with Gasteiger partial charge in [-0.3, -0.25) is 9.36 Å². The first-order valence-corrected chi connectivity index (χ1v) is 29.1. The van der Waals surface area contributed by atoms with Crippen molar-refractivity contribution in [2.45, 2.75) is 257 Å². The molecule has 0 spiro atoms. The first kappa shape index (κ1) is 64.2. The molecular formula is C57H107N2O6P. The summed E-state index contributed by atoms with van der Waals surface area (Å²) in [5.74, 6) is -0.208. The number of phosphoric ester groups is 1. The van der Waals surface area contributed by atoms with Crippen molar-refractivity contribution in [3.05, 3.63) is 60.8 Å². The van der Waals surface area contributed by atoms with Gasteiger partial charge in [-0.15, -0.1) is 0 Å². The van der Waals surface area contributed by atoms with Crippen LogP contribution in [0.15, 0.2) is 60.8 Å². The molecule has 386 valence electrons. The van der Waals surface area contributed by atoms with Gasteiger partial charge in [-0.25, -0.2) is 0 Å². The average molecular weight is 947 g/mol. The van der Waals surface area contributed by atoms with Crippen LogP contribution in [0.2, 0.25) is 0 Å².